The zero-order chi connectivity index (χ0) is 10.8. The van der Waals surface area contributed by atoms with Crippen molar-refractivity contribution in [1.29, 1.82) is 0 Å². The SMILES string of the molecule is CC(C)(O)CNc1nc(Cl)cc(Cl)n1. The van der Waals surface area contributed by atoms with Crippen LogP contribution in [-0.2, 0) is 0 Å². The molecular weight excluding hydrogens is 225 g/mol. The van der Waals surface area contributed by atoms with E-state index in [9.17, 15) is 5.11 Å². The van der Waals surface area contributed by atoms with E-state index < -0.39 is 5.60 Å². The average Bonchev–Trinajstić information content (AvgIpc) is 1.97. The number of halogens is 2. The topological polar surface area (TPSA) is 58.0 Å². The molecule has 14 heavy (non-hydrogen) atoms. The van der Waals surface area contributed by atoms with Gasteiger partial charge in [-0.3, -0.25) is 0 Å². The third-order valence-corrected chi connectivity index (χ3v) is 1.73. The van der Waals surface area contributed by atoms with Crippen LogP contribution in [0.25, 0.3) is 0 Å². The molecule has 0 fully saturated rings. The van der Waals surface area contributed by atoms with Gasteiger partial charge in [0.2, 0.25) is 5.95 Å². The number of anilines is 1. The fourth-order valence-corrected chi connectivity index (χ4v) is 1.19. The number of hydrogen-bond donors (Lipinski definition) is 2. The highest BCUT2D eigenvalue weighted by Crippen LogP contribution is 2.14. The number of nitrogens with one attached hydrogen (secondary N) is 1. The minimum absolute atomic E-state index is 0.267. The molecule has 0 bridgehead atoms. The highest BCUT2D eigenvalue weighted by Gasteiger charge is 2.12. The molecule has 0 atom stereocenters. The van der Waals surface area contributed by atoms with Crippen molar-refractivity contribution < 1.29 is 5.11 Å². The maximum atomic E-state index is 9.43. The van der Waals surface area contributed by atoms with E-state index in [1.807, 2.05) is 0 Å². The number of nitrogens with zero attached hydrogens (tertiary/aromatic N) is 2. The molecule has 2 N–H and O–H groups in total. The molecule has 0 spiro atoms. The zero-order valence-corrected chi connectivity index (χ0v) is 9.39. The Morgan fingerprint density at radius 1 is 1.36 bits per heavy atom. The summed E-state index contributed by atoms with van der Waals surface area (Å²) < 4.78 is 0. The van der Waals surface area contributed by atoms with Crippen molar-refractivity contribution in [2.75, 3.05) is 11.9 Å². The third kappa shape index (κ3) is 4.09. The zero-order valence-electron chi connectivity index (χ0n) is 7.88. The van der Waals surface area contributed by atoms with E-state index in [0.717, 1.165) is 0 Å². The van der Waals surface area contributed by atoms with Crippen LogP contribution in [0.2, 0.25) is 10.3 Å². The molecule has 0 aliphatic heterocycles. The molecule has 0 saturated heterocycles. The molecule has 0 aromatic carbocycles. The summed E-state index contributed by atoms with van der Waals surface area (Å²) in [7, 11) is 0. The van der Waals surface area contributed by atoms with Gasteiger partial charge in [-0.25, -0.2) is 9.97 Å². The second kappa shape index (κ2) is 4.29. The van der Waals surface area contributed by atoms with Crippen LogP contribution in [0.5, 0.6) is 0 Å². The van der Waals surface area contributed by atoms with E-state index in [4.69, 9.17) is 23.2 Å². The van der Waals surface area contributed by atoms with E-state index in [-0.39, 0.29) is 10.3 Å². The summed E-state index contributed by atoms with van der Waals surface area (Å²) in [6.07, 6.45) is 0. The Morgan fingerprint density at radius 3 is 2.29 bits per heavy atom. The van der Waals surface area contributed by atoms with Crippen molar-refractivity contribution in [3.8, 4) is 0 Å². The molecule has 0 unspecified atom stereocenters. The van der Waals surface area contributed by atoms with Crippen LogP contribution < -0.4 is 5.32 Å². The Labute approximate surface area is 92.3 Å². The van der Waals surface area contributed by atoms with Gasteiger partial charge in [-0.2, -0.15) is 0 Å². The van der Waals surface area contributed by atoms with Crippen LogP contribution in [0.4, 0.5) is 5.95 Å². The summed E-state index contributed by atoms with van der Waals surface area (Å²) in [6.45, 7) is 3.67. The van der Waals surface area contributed by atoms with Crippen molar-refractivity contribution in [3.05, 3.63) is 16.4 Å². The Balaban J connectivity index is 2.68. The lowest BCUT2D eigenvalue weighted by Gasteiger charge is -2.17. The first kappa shape index (κ1) is 11.5. The summed E-state index contributed by atoms with van der Waals surface area (Å²) in [4.78, 5) is 7.77. The number of aliphatic hydroxyl groups is 1. The first-order valence-electron chi connectivity index (χ1n) is 4.03. The van der Waals surface area contributed by atoms with Gasteiger partial charge in [-0.05, 0) is 13.8 Å². The van der Waals surface area contributed by atoms with Gasteiger partial charge in [0.1, 0.15) is 10.3 Å². The maximum absolute atomic E-state index is 9.43. The van der Waals surface area contributed by atoms with Crippen LogP contribution in [0.3, 0.4) is 0 Å². The molecule has 1 aromatic rings. The summed E-state index contributed by atoms with van der Waals surface area (Å²) in [5.41, 5.74) is -0.835. The fraction of sp³-hybridized carbons (Fsp3) is 0.500. The predicted octanol–water partition coefficient (Wildman–Crippen LogP) is 1.97. The van der Waals surface area contributed by atoms with Crippen LogP contribution >= 0.6 is 23.2 Å². The molecule has 6 heteroatoms. The fourth-order valence-electron chi connectivity index (χ4n) is 0.765. The van der Waals surface area contributed by atoms with Crippen LogP contribution in [0.1, 0.15) is 13.8 Å². The number of aromatic nitrogens is 2. The lowest BCUT2D eigenvalue weighted by Crippen LogP contribution is -2.29. The molecule has 0 aliphatic rings. The Hall–Kier alpha value is -0.580. The number of rotatable bonds is 3. The van der Waals surface area contributed by atoms with Crippen LogP contribution in [0.15, 0.2) is 6.07 Å². The standard InChI is InChI=1S/C8H11Cl2N3O/c1-8(2,14)4-11-7-12-5(9)3-6(10)13-7/h3,14H,4H2,1-2H3,(H,11,12,13). The summed E-state index contributed by atoms with van der Waals surface area (Å²) >= 11 is 11.3. The largest absolute Gasteiger partial charge is 0.389 e. The molecule has 1 aromatic heterocycles. The third-order valence-electron chi connectivity index (χ3n) is 1.34. The molecule has 4 nitrogen and oxygen atoms in total. The molecule has 78 valence electrons. The monoisotopic (exact) mass is 235 g/mol. The molecular formula is C8H11Cl2N3O. The van der Waals surface area contributed by atoms with E-state index >= 15 is 0 Å². The Morgan fingerprint density at radius 2 is 1.86 bits per heavy atom. The molecule has 0 amide bonds. The van der Waals surface area contributed by atoms with Gasteiger partial charge in [0.25, 0.3) is 0 Å². The second-order valence-electron chi connectivity index (χ2n) is 3.50. The van der Waals surface area contributed by atoms with Crippen molar-refractivity contribution in [2.45, 2.75) is 19.4 Å². The molecule has 0 saturated carbocycles. The van der Waals surface area contributed by atoms with Gasteiger partial charge in [0, 0.05) is 12.6 Å². The van der Waals surface area contributed by atoms with E-state index in [1.54, 1.807) is 13.8 Å². The van der Waals surface area contributed by atoms with Crippen molar-refractivity contribution in [1.82, 2.24) is 9.97 Å². The van der Waals surface area contributed by atoms with Crippen molar-refractivity contribution in [3.63, 3.8) is 0 Å². The Bertz CT molecular complexity index is 305. The predicted molar refractivity (Wildman–Crippen MR) is 56.8 cm³/mol. The van der Waals surface area contributed by atoms with Crippen molar-refractivity contribution >= 4 is 29.2 Å². The minimum atomic E-state index is -0.835. The van der Waals surface area contributed by atoms with Crippen LogP contribution in [0, 0.1) is 0 Å². The molecule has 1 heterocycles. The quantitative estimate of drug-likeness (QED) is 0.787. The van der Waals surface area contributed by atoms with Crippen molar-refractivity contribution in [2.24, 2.45) is 0 Å². The van der Waals surface area contributed by atoms with Gasteiger partial charge >= 0.3 is 0 Å². The van der Waals surface area contributed by atoms with E-state index in [2.05, 4.69) is 15.3 Å². The summed E-state index contributed by atoms with van der Waals surface area (Å²) in [5.74, 6) is 0.310. The lowest BCUT2D eigenvalue weighted by molar-refractivity contribution is 0.0943. The van der Waals surface area contributed by atoms with Gasteiger partial charge in [0.15, 0.2) is 0 Å². The normalized spacial score (nSPS) is 11.5. The van der Waals surface area contributed by atoms with Crippen LogP contribution in [-0.4, -0.2) is 27.2 Å². The highest BCUT2D eigenvalue weighted by atomic mass is 35.5. The molecule has 0 radical (unpaired) electrons. The average molecular weight is 236 g/mol. The Kier molecular flexibility index (Phi) is 3.53. The molecule has 1 rings (SSSR count). The highest BCUT2D eigenvalue weighted by molar-refractivity contribution is 6.33. The summed E-state index contributed by atoms with van der Waals surface area (Å²) in [6, 6.07) is 1.44. The number of hydrogen-bond acceptors (Lipinski definition) is 4. The smallest absolute Gasteiger partial charge is 0.225 e. The lowest BCUT2D eigenvalue weighted by atomic mass is 10.1. The maximum Gasteiger partial charge on any atom is 0.225 e. The van der Waals surface area contributed by atoms with E-state index in [0.29, 0.717) is 12.5 Å². The minimum Gasteiger partial charge on any atom is -0.389 e. The van der Waals surface area contributed by atoms with Gasteiger partial charge in [-0.15, -0.1) is 0 Å². The second-order valence-corrected chi connectivity index (χ2v) is 4.28. The summed E-state index contributed by atoms with van der Waals surface area (Å²) in [5, 5.41) is 12.8. The first-order chi connectivity index (χ1) is 6.37. The van der Waals surface area contributed by atoms with E-state index in [1.165, 1.54) is 6.07 Å². The first-order valence-corrected chi connectivity index (χ1v) is 4.79. The van der Waals surface area contributed by atoms with Gasteiger partial charge in [0.05, 0.1) is 5.60 Å². The van der Waals surface area contributed by atoms with Gasteiger partial charge in [-0.1, -0.05) is 23.2 Å². The van der Waals surface area contributed by atoms with Gasteiger partial charge < -0.3 is 10.4 Å². The molecule has 0 aliphatic carbocycles.